The van der Waals surface area contributed by atoms with E-state index < -0.39 is 0 Å². The molecule has 0 aromatic heterocycles. The van der Waals surface area contributed by atoms with Crippen molar-refractivity contribution in [2.45, 2.75) is 0 Å². The summed E-state index contributed by atoms with van der Waals surface area (Å²) in [5.74, 6) is 0.108. The van der Waals surface area contributed by atoms with Gasteiger partial charge in [0.15, 0.2) is 0 Å². The number of hydrogen-bond donors (Lipinski definition) is 3. The second kappa shape index (κ2) is 3.78. The highest BCUT2D eigenvalue weighted by Crippen LogP contribution is 2.23. The predicted octanol–water partition coefficient (Wildman–Crippen LogP) is 1.07. The van der Waals surface area contributed by atoms with Crippen molar-refractivity contribution in [1.29, 1.82) is 0 Å². The van der Waals surface area contributed by atoms with Crippen LogP contribution in [-0.2, 0) is 0 Å². The number of aromatic hydroxyl groups is 2. The van der Waals surface area contributed by atoms with Gasteiger partial charge in [-0.1, -0.05) is 12.2 Å². The zero-order valence-corrected chi connectivity index (χ0v) is 6.57. The van der Waals surface area contributed by atoms with Crippen LogP contribution in [0.3, 0.4) is 0 Å². The minimum absolute atomic E-state index is 0.0531. The minimum Gasteiger partial charge on any atom is -0.508 e. The van der Waals surface area contributed by atoms with E-state index in [1.165, 1.54) is 12.1 Å². The molecule has 0 aliphatic heterocycles. The Hall–Kier alpha value is -1.48. The lowest BCUT2D eigenvalue weighted by atomic mass is 10.2. The molecule has 4 N–H and O–H groups in total. The van der Waals surface area contributed by atoms with Crippen LogP contribution in [0, 0.1) is 0 Å². The molecule has 1 aromatic rings. The molecular weight excluding hydrogens is 154 g/mol. The van der Waals surface area contributed by atoms with Crippen molar-refractivity contribution in [3.63, 3.8) is 0 Å². The van der Waals surface area contributed by atoms with Gasteiger partial charge in [-0.15, -0.1) is 0 Å². The lowest BCUT2D eigenvalue weighted by Gasteiger charge is -1.98. The smallest absolute Gasteiger partial charge is 0.126 e. The van der Waals surface area contributed by atoms with Gasteiger partial charge in [-0.25, -0.2) is 0 Å². The first-order valence-corrected chi connectivity index (χ1v) is 3.62. The van der Waals surface area contributed by atoms with Gasteiger partial charge in [0, 0.05) is 18.2 Å². The molecule has 3 nitrogen and oxygen atoms in total. The maximum atomic E-state index is 9.27. The number of nitrogens with two attached hydrogens (primary N) is 1. The largest absolute Gasteiger partial charge is 0.508 e. The monoisotopic (exact) mass is 165 g/mol. The summed E-state index contributed by atoms with van der Waals surface area (Å²) in [6.07, 6.45) is 3.43. The van der Waals surface area contributed by atoms with Crippen molar-refractivity contribution in [1.82, 2.24) is 0 Å². The second-order valence-corrected chi connectivity index (χ2v) is 2.38. The first-order valence-electron chi connectivity index (χ1n) is 3.62. The van der Waals surface area contributed by atoms with Gasteiger partial charge in [0.2, 0.25) is 0 Å². The van der Waals surface area contributed by atoms with E-state index in [9.17, 15) is 5.11 Å². The summed E-state index contributed by atoms with van der Waals surface area (Å²) in [4.78, 5) is 0. The fourth-order valence-electron chi connectivity index (χ4n) is 0.868. The number of phenolic OH excluding ortho intramolecular Hbond substituents is 2. The molecule has 0 aliphatic rings. The molecule has 0 heterocycles. The Balaban J connectivity index is 2.94. The summed E-state index contributed by atoms with van der Waals surface area (Å²) >= 11 is 0. The Bertz CT molecular complexity index is 295. The zero-order chi connectivity index (χ0) is 8.97. The second-order valence-electron chi connectivity index (χ2n) is 2.38. The van der Waals surface area contributed by atoms with Crippen LogP contribution in [0.2, 0.25) is 0 Å². The van der Waals surface area contributed by atoms with Crippen molar-refractivity contribution in [3.8, 4) is 11.5 Å². The highest BCUT2D eigenvalue weighted by Gasteiger charge is 1.96. The number of benzene rings is 1. The normalized spacial score (nSPS) is 10.8. The van der Waals surface area contributed by atoms with Crippen LogP contribution < -0.4 is 5.73 Å². The summed E-state index contributed by atoms with van der Waals surface area (Å²) in [7, 11) is 0. The minimum atomic E-state index is 0.0531. The quantitative estimate of drug-likeness (QED) is 0.614. The molecule has 0 atom stereocenters. The molecule has 0 saturated carbocycles. The Morgan fingerprint density at radius 1 is 1.33 bits per heavy atom. The summed E-state index contributed by atoms with van der Waals surface area (Å²) in [6, 6.07) is 4.42. The van der Waals surface area contributed by atoms with Gasteiger partial charge in [0.25, 0.3) is 0 Å². The van der Waals surface area contributed by atoms with Crippen molar-refractivity contribution in [3.05, 3.63) is 29.8 Å². The van der Waals surface area contributed by atoms with Crippen LogP contribution in [0.4, 0.5) is 0 Å². The van der Waals surface area contributed by atoms with Crippen molar-refractivity contribution < 1.29 is 10.2 Å². The number of phenols is 2. The van der Waals surface area contributed by atoms with Crippen LogP contribution >= 0.6 is 0 Å². The Labute approximate surface area is 70.8 Å². The molecule has 0 saturated heterocycles. The van der Waals surface area contributed by atoms with Gasteiger partial charge in [-0.05, 0) is 12.1 Å². The van der Waals surface area contributed by atoms with E-state index in [1.54, 1.807) is 18.2 Å². The van der Waals surface area contributed by atoms with Gasteiger partial charge in [-0.3, -0.25) is 0 Å². The highest BCUT2D eigenvalue weighted by atomic mass is 16.3. The molecule has 0 radical (unpaired) electrons. The number of rotatable bonds is 2. The van der Waals surface area contributed by atoms with Gasteiger partial charge >= 0.3 is 0 Å². The molecule has 12 heavy (non-hydrogen) atoms. The van der Waals surface area contributed by atoms with E-state index in [0.717, 1.165) is 0 Å². The summed E-state index contributed by atoms with van der Waals surface area (Å²) in [5.41, 5.74) is 5.89. The predicted molar refractivity (Wildman–Crippen MR) is 47.9 cm³/mol. The van der Waals surface area contributed by atoms with Crippen LogP contribution in [0.25, 0.3) is 6.08 Å². The van der Waals surface area contributed by atoms with Crippen LogP contribution in [0.5, 0.6) is 11.5 Å². The first kappa shape index (κ1) is 8.62. The maximum absolute atomic E-state index is 9.27. The molecule has 0 spiro atoms. The fourth-order valence-corrected chi connectivity index (χ4v) is 0.868. The molecule has 0 bridgehead atoms. The Morgan fingerprint density at radius 3 is 2.67 bits per heavy atom. The van der Waals surface area contributed by atoms with Crippen LogP contribution in [0.1, 0.15) is 5.56 Å². The van der Waals surface area contributed by atoms with Gasteiger partial charge < -0.3 is 15.9 Å². The van der Waals surface area contributed by atoms with Gasteiger partial charge in [0.1, 0.15) is 11.5 Å². The van der Waals surface area contributed by atoms with E-state index in [1.807, 2.05) is 0 Å². The van der Waals surface area contributed by atoms with Crippen molar-refractivity contribution in [2.24, 2.45) is 5.73 Å². The molecule has 3 heteroatoms. The number of hydrogen-bond acceptors (Lipinski definition) is 3. The van der Waals surface area contributed by atoms with Crippen LogP contribution in [-0.4, -0.2) is 16.8 Å². The molecule has 0 amide bonds. The summed E-state index contributed by atoms with van der Waals surface area (Å²) in [6.45, 7) is 0.431. The highest BCUT2D eigenvalue weighted by molar-refractivity contribution is 5.58. The fraction of sp³-hybridized carbons (Fsp3) is 0.111. The molecule has 0 aliphatic carbocycles. The molecule has 1 rings (SSSR count). The standard InChI is InChI=1S/C9H11NO2/c10-5-1-2-7-3-4-8(11)6-9(7)12/h1-4,6,11-12H,5,10H2. The zero-order valence-electron chi connectivity index (χ0n) is 6.57. The molecule has 0 fully saturated rings. The first-order chi connectivity index (χ1) is 5.74. The van der Waals surface area contributed by atoms with Crippen molar-refractivity contribution >= 4 is 6.08 Å². The molecule has 1 aromatic carbocycles. The summed E-state index contributed by atoms with van der Waals surface area (Å²) < 4.78 is 0. The van der Waals surface area contributed by atoms with E-state index in [2.05, 4.69) is 0 Å². The Kier molecular flexibility index (Phi) is 2.71. The van der Waals surface area contributed by atoms with Crippen LogP contribution in [0.15, 0.2) is 24.3 Å². The van der Waals surface area contributed by atoms with E-state index in [4.69, 9.17) is 10.8 Å². The van der Waals surface area contributed by atoms with E-state index in [0.29, 0.717) is 12.1 Å². The average Bonchev–Trinajstić information content (AvgIpc) is 2.03. The topological polar surface area (TPSA) is 66.5 Å². The van der Waals surface area contributed by atoms with E-state index >= 15 is 0 Å². The lowest BCUT2D eigenvalue weighted by Crippen LogP contribution is -1.91. The van der Waals surface area contributed by atoms with Gasteiger partial charge in [-0.2, -0.15) is 0 Å². The lowest BCUT2D eigenvalue weighted by molar-refractivity contribution is 0.450. The molecular formula is C9H11NO2. The third-order valence-corrected chi connectivity index (χ3v) is 1.45. The third-order valence-electron chi connectivity index (χ3n) is 1.45. The van der Waals surface area contributed by atoms with E-state index in [-0.39, 0.29) is 11.5 Å². The Morgan fingerprint density at radius 2 is 2.08 bits per heavy atom. The maximum Gasteiger partial charge on any atom is 0.126 e. The SMILES string of the molecule is NCC=Cc1ccc(O)cc1O. The summed E-state index contributed by atoms with van der Waals surface area (Å²) in [5, 5.41) is 18.2. The third kappa shape index (κ3) is 2.00. The average molecular weight is 165 g/mol. The molecule has 0 unspecified atom stereocenters. The van der Waals surface area contributed by atoms with Crippen molar-refractivity contribution in [2.75, 3.05) is 6.54 Å². The molecule has 64 valence electrons. The van der Waals surface area contributed by atoms with Gasteiger partial charge in [0.05, 0.1) is 0 Å².